The number of aliphatic imine (C=N–C) groups is 1. The van der Waals surface area contributed by atoms with Gasteiger partial charge in [-0.25, -0.2) is 4.79 Å². The van der Waals surface area contributed by atoms with E-state index >= 15 is 0 Å². The van der Waals surface area contributed by atoms with Crippen molar-refractivity contribution in [1.29, 1.82) is 5.26 Å². The van der Waals surface area contributed by atoms with Gasteiger partial charge in [0.2, 0.25) is 0 Å². The average molecular weight is 540 g/mol. The quantitative estimate of drug-likeness (QED) is 0.255. The van der Waals surface area contributed by atoms with E-state index in [9.17, 15) is 14.9 Å². The maximum absolute atomic E-state index is 13.6. The summed E-state index contributed by atoms with van der Waals surface area (Å²) >= 11 is 0. The Bertz CT molecular complexity index is 901. The van der Waals surface area contributed by atoms with Crippen LogP contribution in [0.1, 0.15) is 62.3 Å². The highest BCUT2D eigenvalue weighted by atomic mass is 28.4. The standard InChI is InChI=1S/C26H45N3O7Si/c1-12-32-19(30)15-28-14-17(13-27)20-22-21(34-26(8,9)35-22)18(16-33-37(10,11)25(5,6)7)29(20)23(31)36-24(2,3)4/h14,17-18,20-22H,12,15-16H2,1-11H3/t17?,18-,20+,21-,22+/m1/s1. The largest absolute Gasteiger partial charge is 0.465 e. The second-order valence-corrected chi connectivity index (χ2v) is 17.3. The Kier molecular flexibility index (Phi) is 9.61. The summed E-state index contributed by atoms with van der Waals surface area (Å²) in [4.78, 5) is 31.1. The highest BCUT2D eigenvalue weighted by Crippen LogP contribution is 2.44. The molecule has 0 aliphatic carbocycles. The molecule has 2 fully saturated rings. The number of nitrogens with zero attached hydrogens (tertiary/aromatic N) is 3. The number of nitriles is 1. The first-order valence-corrected chi connectivity index (χ1v) is 15.8. The van der Waals surface area contributed by atoms with Crippen molar-refractivity contribution >= 4 is 26.6 Å². The third-order valence-electron chi connectivity index (χ3n) is 6.89. The van der Waals surface area contributed by atoms with Gasteiger partial charge in [-0.15, -0.1) is 0 Å². The van der Waals surface area contributed by atoms with Crippen LogP contribution in [0, 0.1) is 17.2 Å². The van der Waals surface area contributed by atoms with E-state index in [0.29, 0.717) is 0 Å². The van der Waals surface area contributed by atoms with Crippen molar-refractivity contribution in [3.8, 4) is 6.07 Å². The number of hydrogen-bond donors (Lipinski definition) is 0. The minimum absolute atomic E-state index is 0.0393. The maximum atomic E-state index is 13.6. The molecule has 0 spiro atoms. The average Bonchev–Trinajstić information content (AvgIpc) is 3.18. The molecule has 1 unspecified atom stereocenters. The zero-order valence-corrected chi connectivity index (χ0v) is 25.3. The van der Waals surface area contributed by atoms with Gasteiger partial charge in [0.05, 0.1) is 31.4 Å². The Morgan fingerprint density at radius 2 is 1.76 bits per heavy atom. The van der Waals surface area contributed by atoms with E-state index in [-0.39, 0.29) is 24.8 Å². The number of carbonyl (C=O) groups excluding carboxylic acids is 2. The van der Waals surface area contributed by atoms with Crippen molar-refractivity contribution in [1.82, 2.24) is 4.90 Å². The van der Waals surface area contributed by atoms with E-state index in [1.807, 2.05) is 13.8 Å². The van der Waals surface area contributed by atoms with Crippen molar-refractivity contribution in [2.45, 2.75) is 116 Å². The summed E-state index contributed by atoms with van der Waals surface area (Å²) in [7, 11) is -2.18. The van der Waals surface area contributed by atoms with Crippen LogP contribution in [0.25, 0.3) is 0 Å². The first kappa shape index (κ1) is 31.2. The van der Waals surface area contributed by atoms with Crippen LogP contribution < -0.4 is 0 Å². The Morgan fingerprint density at radius 3 is 2.27 bits per heavy atom. The topological polar surface area (TPSA) is 120 Å². The molecule has 0 bridgehead atoms. The van der Waals surface area contributed by atoms with Gasteiger partial charge >= 0.3 is 12.1 Å². The molecule has 210 valence electrons. The third kappa shape index (κ3) is 7.75. The molecule has 0 saturated carbocycles. The van der Waals surface area contributed by atoms with E-state index < -0.39 is 62.0 Å². The van der Waals surface area contributed by atoms with Crippen molar-refractivity contribution in [3.05, 3.63) is 0 Å². The van der Waals surface area contributed by atoms with Gasteiger partial charge in [-0.3, -0.25) is 14.7 Å². The fraction of sp³-hybridized carbons (Fsp3) is 0.846. The van der Waals surface area contributed by atoms with Crippen LogP contribution in [-0.4, -0.2) is 86.9 Å². The zero-order valence-electron chi connectivity index (χ0n) is 24.3. The first-order chi connectivity index (χ1) is 16.8. The lowest BCUT2D eigenvalue weighted by Gasteiger charge is -2.40. The van der Waals surface area contributed by atoms with Crippen LogP contribution in [0.15, 0.2) is 4.99 Å². The number of esters is 1. The van der Waals surface area contributed by atoms with E-state index in [4.69, 9.17) is 23.4 Å². The molecule has 5 atom stereocenters. The Morgan fingerprint density at radius 1 is 1.16 bits per heavy atom. The smallest absolute Gasteiger partial charge is 0.411 e. The second kappa shape index (κ2) is 11.4. The highest BCUT2D eigenvalue weighted by molar-refractivity contribution is 6.74. The molecule has 2 aliphatic heterocycles. The fourth-order valence-electron chi connectivity index (χ4n) is 4.20. The normalized spacial score (nSPS) is 26.6. The molecular weight excluding hydrogens is 494 g/mol. The van der Waals surface area contributed by atoms with Gasteiger partial charge in [0.15, 0.2) is 14.1 Å². The molecule has 0 aromatic carbocycles. The van der Waals surface area contributed by atoms with E-state index in [0.717, 1.165) is 0 Å². The van der Waals surface area contributed by atoms with Crippen molar-refractivity contribution in [2.75, 3.05) is 19.8 Å². The van der Waals surface area contributed by atoms with E-state index in [2.05, 4.69) is 44.9 Å². The van der Waals surface area contributed by atoms with Crippen molar-refractivity contribution < 1.29 is 33.0 Å². The van der Waals surface area contributed by atoms with Gasteiger partial charge in [-0.2, -0.15) is 5.26 Å². The summed E-state index contributed by atoms with van der Waals surface area (Å²) in [6.45, 7) is 21.7. The van der Waals surface area contributed by atoms with Gasteiger partial charge in [-0.1, -0.05) is 20.8 Å². The summed E-state index contributed by atoms with van der Waals surface area (Å²) < 4.78 is 29.8. The Balaban J connectivity index is 2.48. The number of likely N-dealkylation sites (tertiary alicyclic amines) is 1. The SMILES string of the molecule is CCOC(=O)CN=CC(C#N)[C@H]1[C@@H]2OC(C)(C)O[C@@H]2[C@@H](CO[Si](C)(C)C(C)(C)C)N1C(=O)OC(C)(C)C. The van der Waals surface area contributed by atoms with Gasteiger partial charge in [-0.05, 0) is 59.7 Å². The lowest BCUT2D eigenvalue weighted by atomic mass is 9.97. The molecule has 11 heteroatoms. The van der Waals surface area contributed by atoms with Crippen molar-refractivity contribution in [3.63, 3.8) is 0 Å². The van der Waals surface area contributed by atoms with Crippen LogP contribution in [-0.2, 0) is 28.2 Å². The molecule has 2 saturated heterocycles. The summed E-state index contributed by atoms with van der Waals surface area (Å²) in [6.07, 6.45) is -0.345. The summed E-state index contributed by atoms with van der Waals surface area (Å²) in [5, 5.41) is 10.1. The molecule has 0 aromatic rings. The number of hydrogen-bond acceptors (Lipinski definition) is 9. The highest BCUT2D eigenvalue weighted by Gasteiger charge is 2.62. The molecule has 1 amide bonds. The van der Waals surface area contributed by atoms with Gasteiger partial charge < -0.3 is 23.4 Å². The number of rotatable bonds is 8. The first-order valence-electron chi connectivity index (χ1n) is 12.9. The summed E-state index contributed by atoms with van der Waals surface area (Å²) in [6, 6.07) is 0.931. The van der Waals surface area contributed by atoms with E-state index in [1.54, 1.807) is 27.7 Å². The molecule has 10 nitrogen and oxygen atoms in total. The molecule has 0 N–H and O–H groups in total. The number of fused-ring (bicyclic) bond motifs is 1. The molecule has 37 heavy (non-hydrogen) atoms. The van der Waals surface area contributed by atoms with Crippen molar-refractivity contribution in [2.24, 2.45) is 10.9 Å². The summed E-state index contributed by atoms with van der Waals surface area (Å²) in [5.41, 5.74) is -0.759. The zero-order chi connectivity index (χ0) is 28.4. The monoisotopic (exact) mass is 539 g/mol. The molecule has 2 rings (SSSR count). The lowest BCUT2D eigenvalue weighted by Crippen LogP contribution is -2.53. The molecular formula is C26H45N3O7Si. The maximum Gasteiger partial charge on any atom is 0.411 e. The van der Waals surface area contributed by atoms with Crippen LogP contribution in [0.5, 0.6) is 0 Å². The number of amides is 1. The molecule has 2 heterocycles. The Labute approximate surface area is 222 Å². The van der Waals surface area contributed by atoms with Crippen LogP contribution in [0.4, 0.5) is 4.79 Å². The predicted molar refractivity (Wildman–Crippen MR) is 142 cm³/mol. The number of ether oxygens (including phenoxy) is 4. The molecule has 2 aliphatic rings. The lowest BCUT2D eigenvalue weighted by molar-refractivity contribution is -0.169. The van der Waals surface area contributed by atoms with E-state index in [1.165, 1.54) is 11.1 Å². The molecule has 0 radical (unpaired) electrons. The fourth-order valence-corrected chi connectivity index (χ4v) is 5.22. The second-order valence-electron chi connectivity index (χ2n) is 12.5. The van der Waals surface area contributed by atoms with Gasteiger partial charge in [0.1, 0.15) is 30.3 Å². The van der Waals surface area contributed by atoms with Gasteiger partial charge in [0.25, 0.3) is 0 Å². The minimum atomic E-state index is -2.18. The van der Waals surface area contributed by atoms with Gasteiger partial charge in [0, 0.05) is 6.21 Å². The minimum Gasteiger partial charge on any atom is -0.465 e. The van der Waals surface area contributed by atoms with Crippen LogP contribution >= 0.6 is 0 Å². The third-order valence-corrected chi connectivity index (χ3v) is 11.4. The predicted octanol–water partition coefficient (Wildman–Crippen LogP) is 4.29. The summed E-state index contributed by atoms with van der Waals surface area (Å²) in [5.74, 6) is -2.29. The van der Waals surface area contributed by atoms with Crippen LogP contribution in [0.2, 0.25) is 18.1 Å². The number of carbonyl (C=O) groups is 2. The van der Waals surface area contributed by atoms with Crippen LogP contribution in [0.3, 0.4) is 0 Å². The Hall–Kier alpha value is -2.00. The molecule has 0 aromatic heterocycles.